The first kappa shape index (κ1) is 17.5. The van der Waals surface area contributed by atoms with Crippen molar-refractivity contribution in [2.24, 2.45) is 11.3 Å². The predicted molar refractivity (Wildman–Crippen MR) is 99.5 cm³/mol. The van der Waals surface area contributed by atoms with Gasteiger partial charge in [-0.25, -0.2) is 4.98 Å². The Morgan fingerprint density at radius 2 is 2.33 bits per heavy atom. The molecule has 2 aromatic heterocycles. The highest BCUT2D eigenvalue weighted by Crippen LogP contribution is 2.44. The van der Waals surface area contributed by atoms with E-state index in [-0.39, 0.29) is 17.7 Å². The molecule has 0 aliphatic carbocycles. The van der Waals surface area contributed by atoms with Crippen LogP contribution < -0.4 is 10.2 Å². The number of H-pyrrole nitrogens is 1. The van der Waals surface area contributed by atoms with E-state index < -0.39 is 0 Å². The Balaban J connectivity index is 1.50. The maximum Gasteiger partial charge on any atom is 0.236 e. The minimum absolute atomic E-state index is 0.0441. The molecule has 0 unspecified atom stereocenters. The molecule has 4 rings (SSSR count). The zero-order valence-corrected chi connectivity index (χ0v) is 15.6. The zero-order chi connectivity index (χ0) is 19.0. The second-order valence-electron chi connectivity index (χ2n) is 7.32. The fourth-order valence-electron chi connectivity index (χ4n) is 3.96. The molecule has 9 nitrogen and oxygen atoms in total. The largest absolute Gasteiger partial charge is 0.354 e. The van der Waals surface area contributed by atoms with Crippen molar-refractivity contribution in [2.75, 3.05) is 36.4 Å². The van der Waals surface area contributed by atoms with E-state index in [1.54, 1.807) is 23.5 Å². The van der Waals surface area contributed by atoms with E-state index in [9.17, 15) is 4.79 Å². The number of nitrogens with zero attached hydrogens (tertiary/aromatic N) is 6. The molecule has 0 aromatic carbocycles. The fraction of sp³-hybridized carbons (Fsp3) is 0.471. The molecule has 27 heavy (non-hydrogen) atoms. The summed E-state index contributed by atoms with van der Waals surface area (Å²) in [4.78, 5) is 24.8. The third-order valence-electron chi connectivity index (χ3n) is 5.33. The van der Waals surface area contributed by atoms with Crippen molar-refractivity contribution in [1.82, 2.24) is 25.1 Å². The third-order valence-corrected chi connectivity index (χ3v) is 5.60. The minimum atomic E-state index is -0.0914. The summed E-state index contributed by atoms with van der Waals surface area (Å²) in [7, 11) is 0. The predicted octanol–water partition coefficient (Wildman–Crippen LogP) is 1.80. The molecule has 4 heterocycles. The highest BCUT2D eigenvalue weighted by atomic mass is 35.5. The van der Waals surface area contributed by atoms with Gasteiger partial charge in [-0.3, -0.25) is 9.89 Å². The van der Waals surface area contributed by atoms with Crippen LogP contribution in [0.5, 0.6) is 0 Å². The SMILES string of the molecule is C[C@]12CN(C(=O)CC#N)C[C@H]1CN(c1nc(Nc3cn[nH]c3)ncc1Cl)C2. The van der Waals surface area contributed by atoms with E-state index in [4.69, 9.17) is 16.9 Å². The van der Waals surface area contributed by atoms with Crippen LogP contribution in [0.2, 0.25) is 5.02 Å². The first-order chi connectivity index (χ1) is 13.0. The summed E-state index contributed by atoms with van der Waals surface area (Å²) in [5.74, 6) is 1.36. The van der Waals surface area contributed by atoms with Crippen molar-refractivity contribution in [3.05, 3.63) is 23.6 Å². The van der Waals surface area contributed by atoms with Crippen LogP contribution in [0.4, 0.5) is 17.5 Å². The lowest BCUT2D eigenvalue weighted by Crippen LogP contribution is -2.35. The lowest BCUT2D eigenvalue weighted by molar-refractivity contribution is -0.129. The van der Waals surface area contributed by atoms with E-state index in [1.807, 2.05) is 6.07 Å². The summed E-state index contributed by atoms with van der Waals surface area (Å²) in [6.45, 7) is 5.00. The number of carbonyl (C=O) groups excluding carboxylic acids is 1. The molecule has 2 atom stereocenters. The van der Waals surface area contributed by atoms with Gasteiger partial charge in [0, 0.05) is 43.7 Å². The van der Waals surface area contributed by atoms with E-state index in [0.717, 1.165) is 18.8 Å². The monoisotopic (exact) mass is 386 g/mol. The summed E-state index contributed by atoms with van der Waals surface area (Å²) in [5.41, 5.74) is 0.720. The molecule has 2 N–H and O–H groups in total. The molecule has 0 bridgehead atoms. The average molecular weight is 387 g/mol. The van der Waals surface area contributed by atoms with Crippen LogP contribution in [0.1, 0.15) is 13.3 Å². The molecular formula is C17H19ClN8O. The second-order valence-corrected chi connectivity index (χ2v) is 7.72. The van der Waals surface area contributed by atoms with Crippen molar-refractivity contribution in [1.29, 1.82) is 5.26 Å². The van der Waals surface area contributed by atoms with Crippen molar-refractivity contribution in [3.8, 4) is 6.07 Å². The van der Waals surface area contributed by atoms with E-state index in [2.05, 4.69) is 37.3 Å². The number of halogens is 1. The number of carbonyl (C=O) groups is 1. The first-order valence-corrected chi connectivity index (χ1v) is 9.04. The Labute approximate surface area is 161 Å². The number of hydrogen-bond donors (Lipinski definition) is 2. The van der Waals surface area contributed by atoms with Crippen LogP contribution in [-0.2, 0) is 4.79 Å². The minimum Gasteiger partial charge on any atom is -0.354 e. The van der Waals surface area contributed by atoms with Gasteiger partial charge in [-0.2, -0.15) is 15.3 Å². The number of nitrogens with one attached hydrogen (secondary N) is 2. The number of fused-ring (bicyclic) bond motifs is 1. The topological polar surface area (TPSA) is 114 Å². The molecule has 2 aliphatic rings. The van der Waals surface area contributed by atoms with Crippen LogP contribution in [0, 0.1) is 22.7 Å². The van der Waals surface area contributed by atoms with E-state index in [0.29, 0.717) is 35.8 Å². The fourth-order valence-corrected chi connectivity index (χ4v) is 4.17. The number of hydrogen-bond acceptors (Lipinski definition) is 7. The highest BCUT2D eigenvalue weighted by Gasteiger charge is 2.50. The number of amides is 1. The third kappa shape index (κ3) is 3.28. The summed E-state index contributed by atoms with van der Waals surface area (Å²) < 4.78 is 0. The van der Waals surface area contributed by atoms with Gasteiger partial charge in [0.05, 0.1) is 24.2 Å². The Morgan fingerprint density at radius 3 is 3.04 bits per heavy atom. The van der Waals surface area contributed by atoms with Gasteiger partial charge in [0.15, 0.2) is 5.82 Å². The van der Waals surface area contributed by atoms with Crippen molar-refractivity contribution >= 4 is 35.0 Å². The number of rotatable bonds is 4. The number of likely N-dealkylation sites (tertiary alicyclic amines) is 1. The molecule has 2 aromatic rings. The van der Waals surface area contributed by atoms with Gasteiger partial charge in [-0.15, -0.1) is 0 Å². The van der Waals surface area contributed by atoms with Crippen LogP contribution in [-0.4, -0.2) is 57.2 Å². The summed E-state index contributed by atoms with van der Waals surface area (Å²) in [6, 6.07) is 1.94. The summed E-state index contributed by atoms with van der Waals surface area (Å²) in [6.07, 6.45) is 4.89. The lowest BCUT2D eigenvalue weighted by atomic mass is 9.83. The molecule has 0 saturated carbocycles. The van der Waals surface area contributed by atoms with Gasteiger partial charge in [-0.1, -0.05) is 18.5 Å². The number of anilines is 3. The zero-order valence-electron chi connectivity index (χ0n) is 14.8. The lowest BCUT2D eigenvalue weighted by Gasteiger charge is -2.26. The second kappa shape index (κ2) is 6.70. The van der Waals surface area contributed by atoms with Gasteiger partial charge in [-0.05, 0) is 0 Å². The number of aromatic nitrogens is 4. The maximum absolute atomic E-state index is 12.1. The molecule has 1 amide bonds. The van der Waals surface area contributed by atoms with Gasteiger partial charge in [0.2, 0.25) is 11.9 Å². The maximum atomic E-state index is 12.1. The van der Waals surface area contributed by atoms with Crippen molar-refractivity contribution in [3.63, 3.8) is 0 Å². The Bertz CT molecular complexity index is 895. The summed E-state index contributed by atoms with van der Waals surface area (Å²) in [5, 5.41) is 19.0. The van der Waals surface area contributed by atoms with Crippen molar-refractivity contribution in [2.45, 2.75) is 13.3 Å². The quantitative estimate of drug-likeness (QED) is 0.823. The van der Waals surface area contributed by atoms with E-state index >= 15 is 0 Å². The molecule has 2 fully saturated rings. The first-order valence-electron chi connectivity index (χ1n) is 8.66. The molecule has 2 aliphatic heterocycles. The van der Waals surface area contributed by atoms with Gasteiger partial charge < -0.3 is 15.1 Å². The normalized spacial score (nSPS) is 24.0. The van der Waals surface area contributed by atoms with Gasteiger partial charge in [0.1, 0.15) is 11.4 Å². The average Bonchev–Trinajstić information content (AvgIpc) is 3.31. The van der Waals surface area contributed by atoms with Crippen LogP contribution in [0.25, 0.3) is 0 Å². The Hall–Kier alpha value is -2.86. The molecule has 140 valence electrons. The molecule has 0 radical (unpaired) electrons. The summed E-state index contributed by atoms with van der Waals surface area (Å²) >= 11 is 6.37. The number of aromatic amines is 1. The number of nitriles is 1. The van der Waals surface area contributed by atoms with Crippen LogP contribution in [0.3, 0.4) is 0 Å². The van der Waals surface area contributed by atoms with E-state index in [1.165, 1.54) is 0 Å². The molecule has 0 spiro atoms. The highest BCUT2D eigenvalue weighted by molar-refractivity contribution is 6.32. The smallest absolute Gasteiger partial charge is 0.236 e. The molecule has 10 heteroatoms. The Morgan fingerprint density at radius 1 is 1.48 bits per heavy atom. The standard InChI is InChI=1S/C17H19ClN8O/c1-17-9-25(14(27)2-3-19)7-11(17)8-26(10-17)15-13(18)6-20-16(24-15)23-12-4-21-22-5-12/h4-6,11H,2,7-10H2,1H3,(H,21,22)(H,20,23,24)/t11-,17+/m0/s1. The van der Waals surface area contributed by atoms with Gasteiger partial charge in [0.25, 0.3) is 0 Å². The van der Waals surface area contributed by atoms with Crippen molar-refractivity contribution < 1.29 is 4.79 Å². The van der Waals surface area contributed by atoms with Gasteiger partial charge >= 0.3 is 0 Å². The van der Waals surface area contributed by atoms with Crippen LogP contribution in [0.15, 0.2) is 18.6 Å². The molecular weight excluding hydrogens is 368 g/mol. The van der Waals surface area contributed by atoms with Crippen LogP contribution >= 0.6 is 11.6 Å². The Kier molecular flexibility index (Phi) is 4.36. The molecule has 2 saturated heterocycles.